The van der Waals surface area contributed by atoms with Gasteiger partial charge in [0.2, 0.25) is 0 Å². The topological polar surface area (TPSA) is 66.8 Å². The molecule has 0 aromatic heterocycles. The molecule has 5 heteroatoms. The maximum atomic E-state index is 12.0. The van der Waals surface area contributed by atoms with Crippen LogP contribution in [0.15, 0.2) is 0 Å². The zero-order valence-corrected chi connectivity index (χ0v) is 11.4. The van der Waals surface area contributed by atoms with Crippen LogP contribution in [0.2, 0.25) is 0 Å². The van der Waals surface area contributed by atoms with Gasteiger partial charge in [0.05, 0.1) is 0 Å². The van der Waals surface area contributed by atoms with Crippen LogP contribution in [-0.4, -0.2) is 40.3 Å². The molecular weight excluding hydrogens is 234 g/mol. The minimum Gasteiger partial charge on any atom is -0.481 e. The number of carbonyl (C=O) groups excluding carboxylic acids is 1. The molecule has 0 bridgehead atoms. The summed E-state index contributed by atoms with van der Waals surface area (Å²) < 4.78 is 5.35. The number of hydrogen-bond acceptors (Lipinski definition) is 3. The number of rotatable bonds is 6. The van der Waals surface area contributed by atoms with Gasteiger partial charge in [-0.25, -0.2) is 4.79 Å². The lowest BCUT2D eigenvalue weighted by Crippen LogP contribution is -2.38. The zero-order chi connectivity index (χ0) is 13.8. The summed E-state index contributed by atoms with van der Waals surface area (Å²) in [6.45, 7) is 6.13. The fourth-order valence-electron chi connectivity index (χ4n) is 1.69. The van der Waals surface area contributed by atoms with E-state index in [0.717, 1.165) is 12.8 Å². The molecule has 18 heavy (non-hydrogen) atoms. The highest BCUT2D eigenvalue weighted by Gasteiger charge is 2.34. The molecular formula is C13H23NO4. The van der Waals surface area contributed by atoms with Crippen molar-refractivity contribution in [2.75, 3.05) is 6.54 Å². The van der Waals surface area contributed by atoms with Crippen molar-refractivity contribution >= 4 is 12.1 Å². The lowest BCUT2D eigenvalue weighted by atomic mass is 10.2. The summed E-state index contributed by atoms with van der Waals surface area (Å²) in [4.78, 5) is 24.1. The molecule has 0 aromatic carbocycles. The maximum Gasteiger partial charge on any atom is 0.410 e. The van der Waals surface area contributed by atoms with Gasteiger partial charge in [-0.2, -0.15) is 0 Å². The van der Waals surface area contributed by atoms with E-state index >= 15 is 0 Å². The van der Waals surface area contributed by atoms with Gasteiger partial charge in [-0.15, -0.1) is 0 Å². The van der Waals surface area contributed by atoms with Crippen molar-refractivity contribution < 1.29 is 19.4 Å². The third-order valence-electron chi connectivity index (χ3n) is 2.66. The largest absolute Gasteiger partial charge is 0.481 e. The Bertz CT molecular complexity index is 305. The van der Waals surface area contributed by atoms with E-state index in [2.05, 4.69) is 0 Å². The van der Waals surface area contributed by atoms with Crippen molar-refractivity contribution in [3.63, 3.8) is 0 Å². The second-order valence-electron chi connectivity index (χ2n) is 5.76. The Kier molecular flexibility index (Phi) is 4.99. The van der Waals surface area contributed by atoms with Crippen molar-refractivity contribution in [2.45, 2.75) is 64.5 Å². The van der Waals surface area contributed by atoms with Crippen LogP contribution >= 0.6 is 0 Å². The summed E-state index contributed by atoms with van der Waals surface area (Å²) in [6, 6.07) is 0.296. The van der Waals surface area contributed by atoms with Crippen molar-refractivity contribution in [3.8, 4) is 0 Å². The van der Waals surface area contributed by atoms with E-state index in [1.807, 2.05) is 20.8 Å². The summed E-state index contributed by atoms with van der Waals surface area (Å²) in [5.41, 5.74) is -0.481. The number of ether oxygens (including phenoxy) is 1. The molecule has 5 nitrogen and oxygen atoms in total. The molecule has 1 fully saturated rings. The van der Waals surface area contributed by atoms with E-state index in [1.54, 1.807) is 4.90 Å². The average molecular weight is 257 g/mol. The minimum absolute atomic E-state index is 0.160. The third-order valence-corrected chi connectivity index (χ3v) is 2.66. The molecule has 0 aromatic rings. The summed E-state index contributed by atoms with van der Waals surface area (Å²) >= 11 is 0. The minimum atomic E-state index is -0.787. The van der Waals surface area contributed by atoms with Gasteiger partial charge in [0, 0.05) is 19.0 Å². The van der Waals surface area contributed by atoms with Crippen LogP contribution in [0.3, 0.4) is 0 Å². The SMILES string of the molecule is CC(C)(C)OC(=O)N(CCCCC(=O)O)C1CC1. The number of aliphatic carboxylic acids is 1. The molecule has 0 atom stereocenters. The van der Waals surface area contributed by atoms with E-state index in [-0.39, 0.29) is 12.5 Å². The fourth-order valence-corrected chi connectivity index (χ4v) is 1.69. The van der Waals surface area contributed by atoms with Gasteiger partial charge in [0.15, 0.2) is 0 Å². The smallest absolute Gasteiger partial charge is 0.410 e. The molecule has 1 rings (SSSR count). The number of nitrogens with zero attached hydrogens (tertiary/aromatic N) is 1. The van der Waals surface area contributed by atoms with Crippen LogP contribution in [-0.2, 0) is 9.53 Å². The van der Waals surface area contributed by atoms with Crippen LogP contribution in [0, 0.1) is 0 Å². The highest BCUT2D eigenvalue weighted by molar-refractivity contribution is 5.69. The van der Waals surface area contributed by atoms with Crippen molar-refractivity contribution in [1.82, 2.24) is 4.90 Å². The van der Waals surface area contributed by atoms with Gasteiger partial charge in [-0.1, -0.05) is 0 Å². The molecule has 1 amide bonds. The lowest BCUT2D eigenvalue weighted by Gasteiger charge is -2.27. The number of unbranched alkanes of at least 4 members (excludes halogenated alkanes) is 1. The van der Waals surface area contributed by atoms with Gasteiger partial charge in [-0.05, 0) is 46.5 Å². The van der Waals surface area contributed by atoms with Crippen molar-refractivity contribution in [2.24, 2.45) is 0 Å². The molecule has 0 spiro atoms. The number of hydrogen-bond donors (Lipinski definition) is 1. The second-order valence-corrected chi connectivity index (χ2v) is 5.76. The lowest BCUT2D eigenvalue weighted by molar-refractivity contribution is -0.137. The summed E-state index contributed by atoms with van der Waals surface area (Å²) in [6.07, 6.45) is 3.24. The van der Waals surface area contributed by atoms with E-state index < -0.39 is 11.6 Å². The standard InChI is InChI=1S/C13H23NO4/c1-13(2,3)18-12(17)14(10-7-8-10)9-5-4-6-11(15)16/h10H,4-9H2,1-3H3,(H,15,16). The molecule has 1 aliphatic rings. The molecule has 1 N–H and O–H groups in total. The molecule has 1 aliphatic carbocycles. The highest BCUT2D eigenvalue weighted by atomic mass is 16.6. The summed E-state index contributed by atoms with van der Waals surface area (Å²) in [7, 11) is 0. The first-order valence-electron chi connectivity index (χ1n) is 6.51. The van der Waals surface area contributed by atoms with E-state index in [4.69, 9.17) is 9.84 Å². The van der Waals surface area contributed by atoms with Gasteiger partial charge in [0.25, 0.3) is 0 Å². The number of carboxylic acid groups (broad SMARTS) is 1. The second kappa shape index (κ2) is 6.07. The Balaban J connectivity index is 2.35. The van der Waals surface area contributed by atoms with E-state index in [0.29, 0.717) is 25.4 Å². The monoisotopic (exact) mass is 257 g/mol. The summed E-state index contributed by atoms with van der Waals surface area (Å²) in [5, 5.41) is 8.56. The van der Waals surface area contributed by atoms with Crippen LogP contribution in [0.4, 0.5) is 4.79 Å². The van der Waals surface area contributed by atoms with Crippen molar-refractivity contribution in [3.05, 3.63) is 0 Å². The van der Waals surface area contributed by atoms with Crippen molar-refractivity contribution in [1.29, 1.82) is 0 Å². The summed E-state index contributed by atoms with van der Waals surface area (Å²) in [5.74, 6) is -0.787. The molecule has 104 valence electrons. The van der Waals surface area contributed by atoms with Gasteiger partial charge in [0.1, 0.15) is 5.60 Å². The molecule has 0 heterocycles. The number of amides is 1. The van der Waals surface area contributed by atoms with Crippen LogP contribution in [0.1, 0.15) is 52.9 Å². The van der Waals surface area contributed by atoms with E-state index in [9.17, 15) is 9.59 Å². The first-order valence-corrected chi connectivity index (χ1v) is 6.51. The Morgan fingerprint density at radius 1 is 1.28 bits per heavy atom. The molecule has 0 aliphatic heterocycles. The van der Waals surface area contributed by atoms with Gasteiger partial charge >= 0.3 is 12.1 Å². The number of carboxylic acids is 1. The normalized spacial score (nSPS) is 15.3. The maximum absolute atomic E-state index is 12.0. The molecule has 0 saturated heterocycles. The predicted octanol–water partition coefficient (Wildman–Crippen LogP) is 2.64. The molecule has 1 saturated carbocycles. The Labute approximate surface area is 108 Å². The Hall–Kier alpha value is -1.26. The predicted molar refractivity (Wildman–Crippen MR) is 67.4 cm³/mol. The first-order chi connectivity index (χ1) is 8.29. The average Bonchev–Trinajstić information content (AvgIpc) is 2.97. The fraction of sp³-hybridized carbons (Fsp3) is 0.846. The highest BCUT2D eigenvalue weighted by Crippen LogP contribution is 2.28. The third kappa shape index (κ3) is 5.89. The number of carbonyl (C=O) groups is 2. The van der Waals surface area contributed by atoms with Gasteiger partial charge in [-0.3, -0.25) is 4.79 Å². The van der Waals surface area contributed by atoms with Crippen LogP contribution in [0.5, 0.6) is 0 Å². The molecule has 0 radical (unpaired) electrons. The first kappa shape index (κ1) is 14.8. The Morgan fingerprint density at radius 3 is 2.33 bits per heavy atom. The van der Waals surface area contributed by atoms with Crippen LogP contribution in [0.25, 0.3) is 0 Å². The zero-order valence-electron chi connectivity index (χ0n) is 11.4. The van der Waals surface area contributed by atoms with Crippen LogP contribution < -0.4 is 0 Å². The van der Waals surface area contributed by atoms with E-state index in [1.165, 1.54) is 0 Å². The molecule has 0 unspecified atom stereocenters. The van der Waals surface area contributed by atoms with Gasteiger partial charge < -0.3 is 14.7 Å². The Morgan fingerprint density at radius 2 is 1.89 bits per heavy atom. The quantitative estimate of drug-likeness (QED) is 0.743.